The van der Waals surface area contributed by atoms with Gasteiger partial charge in [0, 0.05) is 11.3 Å². The molecule has 4 heteroatoms. The molecule has 106 valence electrons. The summed E-state index contributed by atoms with van der Waals surface area (Å²) in [6, 6.07) is 8.08. The highest BCUT2D eigenvalue weighted by Crippen LogP contribution is 2.11. The van der Waals surface area contributed by atoms with Crippen LogP contribution in [0.4, 0.5) is 0 Å². The molecular formula is C15H23NO2S. The van der Waals surface area contributed by atoms with Gasteiger partial charge in [-0.15, -0.1) is 0 Å². The molecule has 2 unspecified atom stereocenters. The van der Waals surface area contributed by atoms with Crippen LogP contribution in [0, 0.1) is 0 Å². The van der Waals surface area contributed by atoms with Crippen molar-refractivity contribution in [2.75, 3.05) is 12.9 Å². The predicted octanol–water partition coefficient (Wildman–Crippen LogP) is 2.02. The molecule has 0 bridgehead atoms. The van der Waals surface area contributed by atoms with Crippen molar-refractivity contribution in [2.45, 2.75) is 38.0 Å². The van der Waals surface area contributed by atoms with Gasteiger partial charge in [0.2, 0.25) is 5.91 Å². The van der Waals surface area contributed by atoms with Gasteiger partial charge < -0.3 is 10.4 Å². The molecule has 0 heterocycles. The van der Waals surface area contributed by atoms with Gasteiger partial charge in [0.05, 0.1) is 13.0 Å². The summed E-state index contributed by atoms with van der Waals surface area (Å²) in [6.45, 7) is 4.11. The Morgan fingerprint density at radius 2 is 2.11 bits per heavy atom. The van der Waals surface area contributed by atoms with E-state index in [1.165, 1.54) is 5.56 Å². The minimum absolute atomic E-state index is 0.00764. The summed E-state index contributed by atoms with van der Waals surface area (Å²) in [5.41, 5.74) is 2.28. The first-order valence-corrected chi connectivity index (χ1v) is 7.90. The number of aryl methyl sites for hydroxylation is 1. The predicted molar refractivity (Wildman–Crippen MR) is 81.5 cm³/mol. The quantitative estimate of drug-likeness (QED) is 0.804. The standard InChI is InChI=1S/C15H23NO2S/c1-4-12-6-5-7-13(8-12)9-15(18)16-11(2)14(10-17)19-3/h5-8,11,14,17H,4,9-10H2,1-3H3,(H,16,18). The Kier molecular flexibility index (Phi) is 6.95. The first-order chi connectivity index (χ1) is 9.10. The molecule has 1 aromatic carbocycles. The lowest BCUT2D eigenvalue weighted by molar-refractivity contribution is -0.121. The molecule has 2 atom stereocenters. The van der Waals surface area contributed by atoms with Gasteiger partial charge in [0.25, 0.3) is 0 Å². The van der Waals surface area contributed by atoms with E-state index in [0.717, 1.165) is 12.0 Å². The highest BCUT2D eigenvalue weighted by Gasteiger charge is 2.17. The molecule has 0 saturated heterocycles. The molecule has 1 rings (SSSR count). The summed E-state index contributed by atoms with van der Waals surface area (Å²) in [6.07, 6.45) is 3.31. The minimum Gasteiger partial charge on any atom is -0.395 e. The third-order valence-electron chi connectivity index (χ3n) is 3.19. The molecule has 0 aliphatic carbocycles. The van der Waals surface area contributed by atoms with E-state index in [4.69, 9.17) is 0 Å². The Morgan fingerprint density at radius 3 is 2.68 bits per heavy atom. The Morgan fingerprint density at radius 1 is 1.42 bits per heavy atom. The van der Waals surface area contributed by atoms with Crippen molar-refractivity contribution in [2.24, 2.45) is 0 Å². The normalized spacial score (nSPS) is 13.9. The first kappa shape index (κ1) is 16.1. The topological polar surface area (TPSA) is 49.3 Å². The van der Waals surface area contributed by atoms with Gasteiger partial charge in [-0.3, -0.25) is 4.79 Å². The highest BCUT2D eigenvalue weighted by molar-refractivity contribution is 7.99. The minimum atomic E-state index is -0.0261. The maximum atomic E-state index is 12.0. The van der Waals surface area contributed by atoms with Crippen molar-refractivity contribution in [3.05, 3.63) is 35.4 Å². The molecular weight excluding hydrogens is 258 g/mol. The zero-order chi connectivity index (χ0) is 14.3. The monoisotopic (exact) mass is 281 g/mol. The molecule has 19 heavy (non-hydrogen) atoms. The number of aliphatic hydroxyl groups excluding tert-OH is 1. The lowest BCUT2D eigenvalue weighted by Crippen LogP contribution is -2.41. The number of aliphatic hydroxyl groups is 1. The third-order valence-corrected chi connectivity index (χ3v) is 4.36. The molecule has 2 N–H and O–H groups in total. The Labute approximate surface area is 119 Å². The Hall–Kier alpha value is -1.00. The number of thioether (sulfide) groups is 1. The maximum absolute atomic E-state index is 12.0. The average molecular weight is 281 g/mol. The summed E-state index contributed by atoms with van der Waals surface area (Å²) in [7, 11) is 0. The third kappa shape index (κ3) is 5.25. The summed E-state index contributed by atoms with van der Waals surface area (Å²) in [5, 5.41) is 12.2. The molecule has 0 aromatic heterocycles. The number of carbonyl (C=O) groups is 1. The van der Waals surface area contributed by atoms with Crippen molar-refractivity contribution in [1.82, 2.24) is 5.32 Å². The van der Waals surface area contributed by atoms with E-state index in [1.807, 2.05) is 25.3 Å². The fourth-order valence-electron chi connectivity index (χ4n) is 1.98. The highest BCUT2D eigenvalue weighted by atomic mass is 32.2. The lowest BCUT2D eigenvalue weighted by Gasteiger charge is -2.21. The van der Waals surface area contributed by atoms with Crippen LogP contribution < -0.4 is 5.32 Å². The SMILES string of the molecule is CCc1cccc(CC(=O)NC(C)C(CO)SC)c1. The molecule has 1 aromatic rings. The number of carbonyl (C=O) groups excluding carboxylic acids is 1. The smallest absolute Gasteiger partial charge is 0.224 e. The van der Waals surface area contributed by atoms with Crippen LogP contribution >= 0.6 is 11.8 Å². The molecule has 0 spiro atoms. The van der Waals surface area contributed by atoms with Crippen LogP contribution in [0.2, 0.25) is 0 Å². The fourth-order valence-corrected chi connectivity index (χ4v) is 2.60. The van der Waals surface area contributed by atoms with Gasteiger partial charge in [-0.05, 0) is 30.7 Å². The summed E-state index contributed by atoms with van der Waals surface area (Å²) in [4.78, 5) is 12.0. The summed E-state index contributed by atoms with van der Waals surface area (Å²) in [5.74, 6) is 0.00764. The fraction of sp³-hybridized carbons (Fsp3) is 0.533. The molecule has 0 radical (unpaired) electrons. The van der Waals surface area contributed by atoms with Gasteiger partial charge in [0.1, 0.15) is 0 Å². The zero-order valence-electron chi connectivity index (χ0n) is 11.8. The summed E-state index contributed by atoms with van der Waals surface area (Å²) < 4.78 is 0. The number of hydrogen-bond donors (Lipinski definition) is 2. The van der Waals surface area contributed by atoms with Crippen molar-refractivity contribution >= 4 is 17.7 Å². The van der Waals surface area contributed by atoms with E-state index in [9.17, 15) is 9.90 Å². The largest absolute Gasteiger partial charge is 0.395 e. The number of benzene rings is 1. The average Bonchev–Trinajstić information content (AvgIpc) is 2.40. The summed E-state index contributed by atoms with van der Waals surface area (Å²) >= 11 is 1.57. The van der Waals surface area contributed by atoms with E-state index in [0.29, 0.717) is 6.42 Å². The van der Waals surface area contributed by atoms with Crippen LogP contribution in [-0.4, -0.2) is 35.2 Å². The van der Waals surface area contributed by atoms with Gasteiger partial charge in [-0.25, -0.2) is 0 Å². The van der Waals surface area contributed by atoms with Crippen LogP contribution in [-0.2, 0) is 17.6 Å². The van der Waals surface area contributed by atoms with Gasteiger partial charge in [-0.2, -0.15) is 11.8 Å². The molecule has 0 aliphatic heterocycles. The van der Waals surface area contributed by atoms with Gasteiger partial charge in [-0.1, -0.05) is 31.2 Å². The number of nitrogens with one attached hydrogen (secondary N) is 1. The second kappa shape index (κ2) is 8.23. The van der Waals surface area contributed by atoms with Crippen LogP contribution in [0.1, 0.15) is 25.0 Å². The molecule has 0 aliphatic rings. The molecule has 0 saturated carbocycles. The lowest BCUT2D eigenvalue weighted by atomic mass is 10.1. The molecule has 1 amide bonds. The molecule has 0 fully saturated rings. The van der Waals surface area contributed by atoms with E-state index in [1.54, 1.807) is 11.8 Å². The van der Waals surface area contributed by atoms with Crippen molar-refractivity contribution in [1.29, 1.82) is 0 Å². The van der Waals surface area contributed by atoms with Gasteiger partial charge in [0.15, 0.2) is 0 Å². The first-order valence-electron chi connectivity index (χ1n) is 6.61. The zero-order valence-corrected chi connectivity index (χ0v) is 12.7. The van der Waals surface area contributed by atoms with Crippen LogP contribution in [0.15, 0.2) is 24.3 Å². The number of amides is 1. The number of hydrogen-bond acceptors (Lipinski definition) is 3. The molecule has 3 nitrogen and oxygen atoms in total. The van der Waals surface area contributed by atoms with Crippen molar-refractivity contribution in [3.63, 3.8) is 0 Å². The van der Waals surface area contributed by atoms with Crippen molar-refractivity contribution < 1.29 is 9.90 Å². The van der Waals surface area contributed by atoms with Crippen LogP contribution in [0.5, 0.6) is 0 Å². The van der Waals surface area contributed by atoms with Crippen LogP contribution in [0.3, 0.4) is 0 Å². The van der Waals surface area contributed by atoms with Gasteiger partial charge >= 0.3 is 0 Å². The Balaban J connectivity index is 2.54. The second-order valence-corrected chi connectivity index (χ2v) is 5.74. The van der Waals surface area contributed by atoms with E-state index >= 15 is 0 Å². The second-order valence-electron chi connectivity index (χ2n) is 4.66. The van der Waals surface area contributed by atoms with E-state index in [-0.39, 0.29) is 23.8 Å². The van der Waals surface area contributed by atoms with Crippen molar-refractivity contribution in [3.8, 4) is 0 Å². The number of rotatable bonds is 7. The van der Waals surface area contributed by atoms with Crippen LogP contribution in [0.25, 0.3) is 0 Å². The maximum Gasteiger partial charge on any atom is 0.224 e. The van der Waals surface area contributed by atoms with E-state index in [2.05, 4.69) is 24.4 Å². The van der Waals surface area contributed by atoms with E-state index < -0.39 is 0 Å². The Bertz CT molecular complexity index is 405.